The van der Waals surface area contributed by atoms with Gasteiger partial charge in [-0.1, -0.05) is 18.3 Å². The van der Waals surface area contributed by atoms with Crippen LogP contribution in [0.25, 0.3) is 0 Å². The van der Waals surface area contributed by atoms with E-state index in [0.29, 0.717) is 16.7 Å². The summed E-state index contributed by atoms with van der Waals surface area (Å²) in [5.41, 5.74) is 2.29. The van der Waals surface area contributed by atoms with Crippen LogP contribution in [-0.2, 0) is 6.54 Å². The molecule has 0 aliphatic heterocycles. The van der Waals surface area contributed by atoms with Crippen molar-refractivity contribution in [3.05, 3.63) is 5.01 Å². The average molecular weight is 255 g/mol. The first kappa shape index (κ1) is 13.1. The van der Waals surface area contributed by atoms with Crippen molar-refractivity contribution in [2.75, 3.05) is 18.5 Å². The van der Waals surface area contributed by atoms with E-state index in [1.54, 1.807) is 6.92 Å². The average Bonchev–Trinajstić information content (AvgIpc) is 2.62. The van der Waals surface area contributed by atoms with E-state index in [1.165, 1.54) is 4.90 Å². The highest BCUT2D eigenvalue weighted by atomic mass is 32.1. The fourth-order valence-corrected chi connectivity index (χ4v) is 1.79. The summed E-state index contributed by atoms with van der Waals surface area (Å²) in [6.45, 7) is 1.13. The van der Waals surface area contributed by atoms with E-state index < -0.39 is 12.7 Å². The Hall–Kier alpha value is -0.930. The minimum absolute atomic E-state index is 0.120. The maximum Gasteiger partial charge on any atom is 0.401 e. The molecule has 1 heterocycles. The van der Waals surface area contributed by atoms with Gasteiger partial charge in [-0.05, 0) is 6.54 Å². The smallest absolute Gasteiger partial charge is 0.298 e. The number of hydrogen-bond donors (Lipinski definition) is 2. The van der Waals surface area contributed by atoms with Crippen molar-refractivity contribution >= 4 is 16.5 Å². The highest BCUT2D eigenvalue weighted by Crippen LogP contribution is 2.20. The maximum absolute atomic E-state index is 12.2. The SMILES string of the molecule is CCN(Cc1nnc(NN)s1)CC(F)(F)F. The topological polar surface area (TPSA) is 67.1 Å². The summed E-state index contributed by atoms with van der Waals surface area (Å²) in [5.74, 6) is 5.09. The predicted molar refractivity (Wildman–Crippen MR) is 54.7 cm³/mol. The Kier molecular flexibility index (Phi) is 4.44. The molecule has 3 N–H and O–H groups in total. The van der Waals surface area contributed by atoms with Crippen LogP contribution in [0.1, 0.15) is 11.9 Å². The first-order chi connectivity index (χ1) is 7.44. The van der Waals surface area contributed by atoms with Crippen molar-refractivity contribution in [3.63, 3.8) is 0 Å². The number of hydrogen-bond acceptors (Lipinski definition) is 6. The van der Waals surface area contributed by atoms with Crippen LogP contribution in [0.15, 0.2) is 0 Å². The molecule has 0 aliphatic rings. The van der Waals surface area contributed by atoms with Gasteiger partial charge in [-0.3, -0.25) is 10.3 Å². The molecule has 1 aromatic rings. The predicted octanol–water partition coefficient (Wildman–Crippen LogP) is 1.21. The van der Waals surface area contributed by atoms with Crippen molar-refractivity contribution in [2.24, 2.45) is 5.84 Å². The summed E-state index contributed by atoms with van der Waals surface area (Å²) >= 11 is 1.14. The van der Waals surface area contributed by atoms with E-state index >= 15 is 0 Å². The van der Waals surface area contributed by atoms with Crippen molar-refractivity contribution in [1.29, 1.82) is 0 Å². The number of nitrogen functional groups attached to an aromatic ring is 1. The van der Waals surface area contributed by atoms with Crippen molar-refractivity contribution in [2.45, 2.75) is 19.6 Å². The van der Waals surface area contributed by atoms with E-state index in [4.69, 9.17) is 5.84 Å². The highest BCUT2D eigenvalue weighted by molar-refractivity contribution is 7.15. The molecule has 16 heavy (non-hydrogen) atoms. The quantitative estimate of drug-likeness (QED) is 0.611. The first-order valence-electron chi connectivity index (χ1n) is 4.52. The van der Waals surface area contributed by atoms with Gasteiger partial charge in [0.15, 0.2) is 0 Å². The van der Waals surface area contributed by atoms with Crippen LogP contribution in [-0.4, -0.2) is 34.4 Å². The third-order valence-corrected chi connectivity index (χ3v) is 2.64. The van der Waals surface area contributed by atoms with Gasteiger partial charge in [-0.2, -0.15) is 13.2 Å². The van der Waals surface area contributed by atoms with E-state index in [2.05, 4.69) is 15.6 Å². The molecule has 0 saturated carbocycles. The van der Waals surface area contributed by atoms with Gasteiger partial charge in [-0.15, -0.1) is 10.2 Å². The Morgan fingerprint density at radius 3 is 2.56 bits per heavy atom. The van der Waals surface area contributed by atoms with E-state index in [-0.39, 0.29) is 6.54 Å². The molecule has 9 heteroatoms. The van der Waals surface area contributed by atoms with Crippen LogP contribution in [0, 0.1) is 0 Å². The molecule has 1 rings (SSSR count). The summed E-state index contributed by atoms with van der Waals surface area (Å²) < 4.78 is 36.5. The second kappa shape index (κ2) is 5.41. The zero-order valence-corrected chi connectivity index (χ0v) is 9.40. The standard InChI is InChI=1S/C7H12F3N5S/c1-2-15(4-7(8,9)10)3-5-13-14-6(12-11)16-5/h2-4,11H2,1H3,(H,12,14). The molecule has 0 fully saturated rings. The number of nitrogens with one attached hydrogen (secondary N) is 1. The Bertz CT molecular complexity index is 326. The minimum atomic E-state index is -4.20. The van der Waals surface area contributed by atoms with Gasteiger partial charge in [-0.25, -0.2) is 5.84 Å². The Morgan fingerprint density at radius 2 is 2.12 bits per heavy atom. The van der Waals surface area contributed by atoms with Gasteiger partial charge >= 0.3 is 6.18 Å². The van der Waals surface area contributed by atoms with Crippen molar-refractivity contribution in [1.82, 2.24) is 15.1 Å². The molecule has 0 atom stereocenters. The van der Waals surface area contributed by atoms with Crippen LogP contribution in [0.4, 0.5) is 18.3 Å². The molecular formula is C7H12F3N5S. The number of halogens is 3. The number of alkyl halides is 3. The first-order valence-corrected chi connectivity index (χ1v) is 5.34. The summed E-state index contributed by atoms with van der Waals surface area (Å²) in [4.78, 5) is 1.24. The summed E-state index contributed by atoms with van der Waals surface area (Å²) in [6.07, 6.45) is -4.20. The third-order valence-electron chi connectivity index (χ3n) is 1.80. The largest absolute Gasteiger partial charge is 0.401 e. The molecule has 0 bridgehead atoms. The van der Waals surface area contributed by atoms with Crippen LogP contribution >= 0.6 is 11.3 Å². The van der Waals surface area contributed by atoms with Crippen LogP contribution in [0.2, 0.25) is 0 Å². The molecule has 0 unspecified atom stereocenters. The number of nitrogens with two attached hydrogens (primary N) is 1. The molecule has 0 saturated heterocycles. The fourth-order valence-electron chi connectivity index (χ4n) is 1.10. The molecule has 1 aromatic heterocycles. The number of hydrazine groups is 1. The molecule has 0 spiro atoms. The van der Waals surface area contributed by atoms with Gasteiger partial charge in [0.05, 0.1) is 13.1 Å². The molecule has 0 aliphatic carbocycles. The second-order valence-corrected chi connectivity index (χ2v) is 4.13. The summed E-state index contributed by atoms with van der Waals surface area (Å²) in [5, 5.41) is 8.25. The van der Waals surface area contributed by atoms with Gasteiger partial charge in [0.25, 0.3) is 0 Å². The van der Waals surface area contributed by atoms with Crippen LogP contribution in [0.3, 0.4) is 0 Å². The fraction of sp³-hybridized carbons (Fsp3) is 0.714. The summed E-state index contributed by atoms with van der Waals surface area (Å²) in [6, 6.07) is 0. The van der Waals surface area contributed by atoms with E-state index in [1.807, 2.05) is 0 Å². The molecule has 5 nitrogen and oxygen atoms in total. The van der Waals surface area contributed by atoms with Gasteiger partial charge in [0.2, 0.25) is 5.13 Å². The zero-order valence-electron chi connectivity index (χ0n) is 8.58. The molecular weight excluding hydrogens is 243 g/mol. The number of rotatable bonds is 5. The maximum atomic E-state index is 12.2. The molecule has 0 aromatic carbocycles. The summed E-state index contributed by atoms with van der Waals surface area (Å²) in [7, 11) is 0. The third kappa shape index (κ3) is 4.29. The normalized spacial score (nSPS) is 12.1. The van der Waals surface area contributed by atoms with Gasteiger partial charge < -0.3 is 0 Å². The van der Waals surface area contributed by atoms with Crippen LogP contribution in [0.5, 0.6) is 0 Å². The van der Waals surface area contributed by atoms with E-state index in [0.717, 1.165) is 11.3 Å². The van der Waals surface area contributed by atoms with Gasteiger partial charge in [0.1, 0.15) is 5.01 Å². The highest BCUT2D eigenvalue weighted by Gasteiger charge is 2.30. The minimum Gasteiger partial charge on any atom is -0.298 e. The van der Waals surface area contributed by atoms with Crippen molar-refractivity contribution < 1.29 is 13.2 Å². The van der Waals surface area contributed by atoms with Gasteiger partial charge in [0, 0.05) is 0 Å². The Morgan fingerprint density at radius 1 is 1.44 bits per heavy atom. The Labute approximate surface area is 94.4 Å². The van der Waals surface area contributed by atoms with Crippen LogP contribution < -0.4 is 11.3 Å². The lowest BCUT2D eigenvalue weighted by Crippen LogP contribution is -2.33. The number of anilines is 1. The van der Waals surface area contributed by atoms with Crippen molar-refractivity contribution in [3.8, 4) is 0 Å². The zero-order chi connectivity index (χ0) is 12.2. The lowest BCUT2D eigenvalue weighted by molar-refractivity contribution is -0.146. The lowest BCUT2D eigenvalue weighted by Gasteiger charge is -2.20. The Balaban J connectivity index is 2.56. The molecule has 0 radical (unpaired) electrons. The van der Waals surface area contributed by atoms with E-state index in [9.17, 15) is 13.2 Å². The number of nitrogens with zero attached hydrogens (tertiary/aromatic N) is 3. The molecule has 0 amide bonds. The number of aromatic nitrogens is 2. The monoisotopic (exact) mass is 255 g/mol. The lowest BCUT2D eigenvalue weighted by atomic mass is 10.4. The second-order valence-electron chi connectivity index (χ2n) is 3.06. The molecule has 92 valence electrons.